The summed E-state index contributed by atoms with van der Waals surface area (Å²) in [5, 5.41) is 3.91. The van der Waals surface area contributed by atoms with Gasteiger partial charge in [-0.25, -0.2) is 0 Å². The minimum Gasteiger partial charge on any atom is -0.361 e. The van der Waals surface area contributed by atoms with Gasteiger partial charge >= 0.3 is 0 Å². The summed E-state index contributed by atoms with van der Waals surface area (Å²) < 4.78 is 5.12. The Hall–Kier alpha value is -1.62. The van der Waals surface area contributed by atoms with E-state index in [9.17, 15) is 4.79 Å². The zero-order chi connectivity index (χ0) is 14.2. The third kappa shape index (κ3) is 2.71. The first-order chi connectivity index (χ1) is 8.90. The second kappa shape index (κ2) is 5.17. The van der Waals surface area contributed by atoms with Gasteiger partial charge in [-0.05, 0) is 39.3 Å². The highest BCUT2D eigenvalue weighted by atomic mass is 32.1. The first-order valence-electron chi connectivity index (χ1n) is 6.14. The minimum absolute atomic E-state index is 0.0428. The lowest BCUT2D eigenvalue weighted by molar-refractivity contribution is 0.0789. The van der Waals surface area contributed by atoms with E-state index in [0.29, 0.717) is 6.54 Å². The summed E-state index contributed by atoms with van der Waals surface area (Å²) in [7, 11) is 1.80. The molecule has 0 unspecified atom stereocenters. The molecule has 2 aromatic rings. The molecule has 2 aromatic heterocycles. The van der Waals surface area contributed by atoms with Crippen LogP contribution in [0.4, 0.5) is 0 Å². The van der Waals surface area contributed by atoms with Crippen LogP contribution in [0.3, 0.4) is 0 Å². The molecular weight excluding hydrogens is 260 g/mol. The number of carbonyl (C=O) groups is 1. The summed E-state index contributed by atoms with van der Waals surface area (Å²) in [4.78, 5) is 16.0. The number of amides is 1. The first kappa shape index (κ1) is 13.8. The van der Waals surface area contributed by atoms with Crippen LogP contribution >= 0.6 is 11.3 Å². The molecule has 4 nitrogen and oxygen atoms in total. The molecule has 5 heteroatoms. The Kier molecular flexibility index (Phi) is 3.75. The van der Waals surface area contributed by atoms with Crippen molar-refractivity contribution in [3.8, 4) is 0 Å². The second-order valence-electron chi connectivity index (χ2n) is 4.81. The predicted octanol–water partition coefficient (Wildman–Crippen LogP) is 3.24. The Morgan fingerprint density at radius 3 is 2.53 bits per heavy atom. The van der Waals surface area contributed by atoms with Crippen LogP contribution in [-0.4, -0.2) is 23.0 Å². The van der Waals surface area contributed by atoms with Gasteiger partial charge in [0.1, 0.15) is 5.76 Å². The lowest BCUT2D eigenvalue weighted by Crippen LogP contribution is -2.25. The summed E-state index contributed by atoms with van der Waals surface area (Å²) >= 11 is 1.54. The predicted molar refractivity (Wildman–Crippen MR) is 75.6 cm³/mol. The van der Waals surface area contributed by atoms with E-state index in [1.54, 1.807) is 23.3 Å². The van der Waals surface area contributed by atoms with Crippen LogP contribution in [-0.2, 0) is 6.54 Å². The number of thiophene rings is 1. The topological polar surface area (TPSA) is 46.3 Å². The van der Waals surface area contributed by atoms with Gasteiger partial charge in [-0.15, -0.1) is 11.3 Å². The number of nitrogens with zero attached hydrogens (tertiary/aromatic N) is 2. The largest absolute Gasteiger partial charge is 0.361 e. The lowest BCUT2D eigenvalue weighted by atomic mass is 10.2. The van der Waals surface area contributed by atoms with Gasteiger partial charge in [-0.3, -0.25) is 4.79 Å². The molecule has 0 fully saturated rings. The number of aromatic nitrogens is 1. The molecule has 2 rings (SSSR count). The number of aryl methyl sites for hydroxylation is 4. The molecule has 0 spiro atoms. The van der Waals surface area contributed by atoms with E-state index in [1.165, 1.54) is 10.4 Å². The molecule has 0 aliphatic rings. The number of rotatable bonds is 3. The molecule has 0 aromatic carbocycles. The Labute approximate surface area is 117 Å². The van der Waals surface area contributed by atoms with E-state index in [1.807, 2.05) is 33.8 Å². The summed E-state index contributed by atoms with van der Waals surface area (Å²) in [6.07, 6.45) is 0. The molecule has 0 aliphatic carbocycles. The van der Waals surface area contributed by atoms with Crippen molar-refractivity contribution in [2.45, 2.75) is 34.2 Å². The monoisotopic (exact) mass is 278 g/mol. The van der Waals surface area contributed by atoms with E-state index >= 15 is 0 Å². The normalized spacial score (nSPS) is 10.8. The molecule has 2 heterocycles. The molecule has 0 atom stereocenters. The van der Waals surface area contributed by atoms with Crippen LogP contribution < -0.4 is 0 Å². The average molecular weight is 278 g/mol. The zero-order valence-electron chi connectivity index (χ0n) is 11.9. The van der Waals surface area contributed by atoms with Crippen molar-refractivity contribution in [1.29, 1.82) is 0 Å². The quantitative estimate of drug-likeness (QED) is 0.866. The van der Waals surface area contributed by atoms with Crippen LogP contribution in [0.2, 0.25) is 0 Å². The molecule has 0 N–H and O–H groups in total. The lowest BCUT2D eigenvalue weighted by Gasteiger charge is -2.15. The van der Waals surface area contributed by atoms with Gasteiger partial charge in [-0.1, -0.05) is 5.16 Å². The second-order valence-corrected chi connectivity index (χ2v) is 6.07. The van der Waals surface area contributed by atoms with E-state index in [-0.39, 0.29) is 5.91 Å². The van der Waals surface area contributed by atoms with Crippen LogP contribution in [0.5, 0.6) is 0 Å². The number of hydrogen-bond donors (Lipinski definition) is 0. The maximum Gasteiger partial charge on any atom is 0.263 e. The Morgan fingerprint density at radius 1 is 1.37 bits per heavy atom. The van der Waals surface area contributed by atoms with Gasteiger partial charge in [0.2, 0.25) is 0 Å². The Bertz CT molecular complexity index is 574. The molecule has 0 bridgehead atoms. The van der Waals surface area contributed by atoms with E-state index in [4.69, 9.17) is 4.52 Å². The summed E-state index contributed by atoms with van der Waals surface area (Å²) in [6, 6.07) is 1.95. The molecule has 0 saturated heterocycles. The molecule has 19 heavy (non-hydrogen) atoms. The van der Waals surface area contributed by atoms with Crippen molar-refractivity contribution in [2.24, 2.45) is 0 Å². The van der Waals surface area contributed by atoms with Gasteiger partial charge in [-0.2, -0.15) is 0 Å². The van der Waals surface area contributed by atoms with Crippen molar-refractivity contribution in [3.63, 3.8) is 0 Å². The molecule has 0 saturated carbocycles. The smallest absolute Gasteiger partial charge is 0.263 e. The fourth-order valence-electron chi connectivity index (χ4n) is 1.90. The van der Waals surface area contributed by atoms with Crippen molar-refractivity contribution < 1.29 is 9.32 Å². The summed E-state index contributed by atoms with van der Waals surface area (Å²) in [5.41, 5.74) is 3.00. The average Bonchev–Trinajstić information content (AvgIpc) is 2.85. The molecular formula is C14H18N2O2S. The summed E-state index contributed by atoms with van der Waals surface area (Å²) in [6.45, 7) is 8.34. The molecule has 102 valence electrons. The molecule has 0 radical (unpaired) electrons. The highest BCUT2D eigenvalue weighted by molar-refractivity contribution is 7.14. The van der Waals surface area contributed by atoms with Gasteiger partial charge in [0, 0.05) is 17.5 Å². The summed E-state index contributed by atoms with van der Waals surface area (Å²) in [5.74, 6) is 0.817. The zero-order valence-corrected chi connectivity index (χ0v) is 12.7. The third-order valence-electron chi connectivity index (χ3n) is 3.30. The molecule has 0 aliphatic heterocycles. The van der Waals surface area contributed by atoms with Crippen molar-refractivity contribution in [2.75, 3.05) is 7.05 Å². The SMILES string of the molecule is Cc1cc(C(=O)N(C)Cc2c(C)noc2C)sc1C. The van der Waals surface area contributed by atoms with Crippen LogP contribution in [0.1, 0.15) is 37.1 Å². The highest BCUT2D eigenvalue weighted by Gasteiger charge is 2.18. The van der Waals surface area contributed by atoms with Crippen molar-refractivity contribution >= 4 is 17.2 Å². The van der Waals surface area contributed by atoms with Gasteiger partial charge in [0.05, 0.1) is 17.1 Å². The van der Waals surface area contributed by atoms with Crippen molar-refractivity contribution in [3.05, 3.63) is 38.4 Å². The van der Waals surface area contributed by atoms with Gasteiger partial charge < -0.3 is 9.42 Å². The van der Waals surface area contributed by atoms with Crippen LogP contribution in [0, 0.1) is 27.7 Å². The molecule has 1 amide bonds. The Morgan fingerprint density at radius 2 is 2.05 bits per heavy atom. The number of carbonyl (C=O) groups excluding carboxylic acids is 1. The van der Waals surface area contributed by atoms with Crippen LogP contribution in [0.15, 0.2) is 10.6 Å². The van der Waals surface area contributed by atoms with E-state index < -0.39 is 0 Å². The highest BCUT2D eigenvalue weighted by Crippen LogP contribution is 2.23. The van der Waals surface area contributed by atoms with Crippen molar-refractivity contribution in [1.82, 2.24) is 10.1 Å². The van der Waals surface area contributed by atoms with Gasteiger partial charge in [0.15, 0.2) is 0 Å². The number of hydrogen-bond acceptors (Lipinski definition) is 4. The fraction of sp³-hybridized carbons (Fsp3) is 0.429. The minimum atomic E-state index is 0.0428. The Balaban J connectivity index is 2.16. The fourth-order valence-corrected chi connectivity index (χ4v) is 2.93. The van der Waals surface area contributed by atoms with Crippen LogP contribution in [0.25, 0.3) is 0 Å². The van der Waals surface area contributed by atoms with Gasteiger partial charge in [0.25, 0.3) is 5.91 Å². The maximum atomic E-state index is 12.3. The standard InChI is InChI=1S/C14H18N2O2S/c1-8-6-13(19-11(8)4)14(17)16(5)7-12-9(2)15-18-10(12)3/h6H,7H2,1-5H3. The van der Waals surface area contributed by atoms with E-state index in [2.05, 4.69) is 5.16 Å². The van der Waals surface area contributed by atoms with E-state index in [0.717, 1.165) is 21.9 Å². The first-order valence-corrected chi connectivity index (χ1v) is 6.96. The third-order valence-corrected chi connectivity index (χ3v) is 4.44. The maximum absolute atomic E-state index is 12.3.